The predicted molar refractivity (Wildman–Crippen MR) is 66.5 cm³/mol. The molecule has 0 unspecified atom stereocenters. The molecule has 0 bridgehead atoms. The number of halogens is 2. The van der Waals surface area contributed by atoms with Crippen molar-refractivity contribution in [1.82, 2.24) is 4.90 Å². The minimum atomic E-state index is -0.255. The summed E-state index contributed by atoms with van der Waals surface area (Å²) < 4.78 is 13.6. The number of benzene rings is 1. The third kappa shape index (κ3) is 2.97. The number of nitrogens with zero attached hydrogens (tertiary/aromatic N) is 1. The summed E-state index contributed by atoms with van der Waals surface area (Å²) in [5.74, 6) is -0.255. The van der Waals surface area contributed by atoms with Gasteiger partial charge in [0.25, 0.3) is 0 Å². The van der Waals surface area contributed by atoms with Gasteiger partial charge in [0.1, 0.15) is 5.82 Å². The zero-order valence-corrected chi connectivity index (χ0v) is 10.7. The summed E-state index contributed by atoms with van der Waals surface area (Å²) in [5.41, 5.74) is 0.625. The van der Waals surface area contributed by atoms with E-state index in [2.05, 4.69) is 11.8 Å². The molecule has 0 amide bonds. The van der Waals surface area contributed by atoms with Crippen LogP contribution in [0.15, 0.2) is 18.2 Å². The minimum Gasteiger partial charge on any atom is -0.396 e. The number of aliphatic hydroxyl groups excluding tert-OH is 1. The van der Waals surface area contributed by atoms with E-state index in [-0.39, 0.29) is 17.8 Å². The largest absolute Gasteiger partial charge is 0.396 e. The number of hydrogen-bond acceptors (Lipinski definition) is 2. The third-order valence-electron chi connectivity index (χ3n) is 3.43. The number of aliphatic hydroxyl groups is 1. The van der Waals surface area contributed by atoms with Gasteiger partial charge in [-0.25, -0.2) is 4.39 Å². The Hall–Kier alpha value is -0.640. The van der Waals surface area contributed by atoms with Gasteiger partial charge in [-0.05, 0) is 25.1 Å². The molecular weight excluding hydrogens is 241 g/mol. The minimum absolute atomic E-state index is 0.0388. The second kappa shape index (κ2) is 4.92. The lowest BCUT2D eigenvalue weighted by molar-refractivity contribution is 0.144. The highest BCUT2D eigenvalue weighted by Crippen LogP contribution is 2.30. The zero-order valence-electron chi connectivity index (χ0n) is 9.92. The van der Waals surface area contributed by atoms with Crippen LogP contribution in [0.2, 0.25) is 5.02 Å². The summed E-state index contributed by atoms with van der Waals surface area (Å²) in [6.45, 7) is 4.54. The molecule has 1 atom stereocenters. The van der Waals surface area contributed by atoms with Crippen molar-refractivity contribution in [2.45, 2.75) is 19.9 Å². The fraction of sp³-hybridized carbons (Fsp3) is 0.538. The van der Waals surface area contributed by atoms with Gasteiger partial charge in [0.05, 0.1) is 0 Å². The van der Waals surface area contributed by atoms with E-state index in [0.29, 0.717) is 17.1 Å². The lowest BCUT2D eigenvalue weighted by Crippen LogP contribution is -2.27. The molecule has 0 spiro atoms. The van der Waals surface area contributed by atoms with Gasteiger partial charge in [-0.2, -0.15) is 0 Å². The highest BCUT2D eigenvalue weighted by molar-refractivity contribution is 6.30. The quantitative estimate of drug-likeness (QED) is 0.900. The van der Waals surface area contributed by atoms with E-state index < -0.39 is 0 Å². The summed E-state index contributed by atoms with van der Waals surface area (Å²) in [7, 11) is 0. The molecule has 1 fully saturated rings. The van der Waals surface area contributed by atoms with Crippen molar-refractivity contribution in [3.8, 4) is 0 Å². The van der Waals surface area contributed by atoms with Crippen LogP contribution in [-0.2, 0) is 6.54 Å². The van der Waals surface area contributed by atoms with Crippen LogP contribution in [0.1, 0.15) is 18.9 Å². The average Bonchev–Trinajstić information content (AvgIpc) is 2.66. The first-order valence-electron chi connectivity index (χ1n) is 5.80. The second-order valence-electron chi connectivity index (χ2n) is 5.17. The van der Waals surface area contributed by atoms with Gasteiger partial charge in [-0.1, -0.05) is 24.6 Å². The topological polar surface area (TPSA) is 23.5 Å². The molecule has 0 aliphatic carbocycles. The van der Waals surface area contributed by atoms with Crippen molar-refractivity contribution in [2.75, 3.05) is 19.7 Å². The fourth-order valence-corrected chi connectivity index (χ4v) is 2.44. The Morgan fingerprint density at radius 1 is 1.53 bits per heavy atom. The molecule has 1 aromatic carbocycles. The van der Waals surface area contributed by atoms with Crippen LogP contribution in [0.25, 0.3) is 0 Å². The standard InChI is InChI=1S/C13H17ClFNO/c1-13(9-17)4-5-16(8-13)7-10-2-3-11(14)6-12(10)15/h2-3,6,17H,4-5,7-9H2,1H3/t13-/m0/s1. The van der Waals surface area contributed by atoms with Gasteiger partial charge in [0.2, 0.25) is 0 Å². The molecule has 2 nitrogen and oxygen atoms in total. The van der Waals surface area contributed by atoms with Crippen LogP contribution in [0, 0.1) is 11.2 Å². The van der Waals surface area contributed by atoms with Crippen LogP contribution in [0.5, 0.6) is 0 Å². The van der Waals surface area contributed by atoms with Gasteiger partial charge in [-0.15, -0.1) is 0 Å². The second-order valence-corrected chi connectivity index (χ2v) is 5.60. The van der Waals surface area contributed by atoms with Gasteiger partial charge in [0.15, 0.2) is 0 Å². The maximum Gasteiger partial charge on any atom is 0.129 e. The molecular formula is C13H17ClFNO. The lowest BCUT2D eigenvalue weighted by atomic mass is 9.91. The van der Waals surface area contributed by atoms with Crippen molar-refractivity contribution >= 4 is 11.6 Å². The van der Waals surface area contributed by atoms with E-state index >= 15 is 0 Å². The molecule has 4 heteroatoms. The summed E-state index contributed by atoms with van der Waals surface area (Å²) >= 11 is 5.71. The average molecular weight is 258 g/mol. The normalized spacial score (nSPS) is 25.4. The van der Waals surface area contributed by atoms with E-state index in [1.54, 1.807) is 12.1 Å². The fourth-order valence-electron chi connectivity index (χ4n) is 2.28. The Balaban J connectivity index is 2.03. The third-order valence-corrected chi connectivity index (χ3v) is 3.66. The summed E-state index contributed by atoms with van der Waals surface area (Å²) in [6.07, 6.45) is 0.957. The van der Waals surface area contributed by atoms with Crippen LogP contribution in [-0.4, -0.2) is 29.7 Å². The molecule has 1 saturated heterocycles. The van der Waals surface area contributed by atoms with Gasteiger partial charge >= 0.3 is 0 Å². The predicted octanol–water partition coefficient (Wildman–Crippen LogP) is 2.68. The Morgan fingerprint density at radius 2 is 2.29 bits per heavy atom. The first-order chi connectivity index (χ1) is 8.02. The summed E-state index contributed by atoms with van der Waals surface area (Å²) in [6, 6.07) is 4.78. The highest BCUT2D eigenvalue weighted by atomic mass is 35.5. The Labute approximate surface area is 106 Å². The van der Waals surface area contributed by atoms with Gasteiger partial charge < -0.3 is 5.11 Å². The number of rotatable bonds is 3. The van der Waals surface area contributed by atoms with Crippen molar-refractivity contribution in [1.29, 1.82) is 0 Å². The number of hydrogen-bond donors (Lipinski definition) is 1. The highest BCUT2D eigenvalue weighted by Gasteiger charge is 2.33. The molecule has 1 aliphatic rings. The Kier molecular flexibility index (Phi) is 3.71. The molecule has 1 aromatic rings. The van der Waals surface area contributed by atoms with Crippen molar-refractivity contribution in [3.05, 3.63) is 34.6 Å². The SMILES string of the molecule is C[C@]1(CO)CCN(Cc2ccc(Cl)cc2F)C1. The van der Waals surface area contributed by atoms with E-state index in [1.165, 1.54) is 6.07 Å². The Bertz CT molecular complexity index is 412. The first kappa shape index (κ1) is 12.8. The molecule has 1 aliphatic heterocycles. The maximum absolute atomic E-state index is 13.6. The van der Waals surface area contributed by atoms with E-state index in [4.69, 9.17) is 11.6 Å². The van der Waals surface area contributed by atoms with Crippen LogP contribution < -0.4 is 0 Å². The van der Waals surface area contributed by atoms with E-state index in [9.17, 15) is 9.50 Å². The lowest BCUT2D eigenvalue weighted by Gasteiger charge is -2.22. The molecule has 0 radical (unpaired) electrons. The van der Waals surface area contributed by atoms with Crippen molar-refractivity contribution < 1.29 is 9.50 Å². The number of likely N-dealkylation sites (tertiary alicyclic amines) is 1. The summed E-state index contributed by atoms with van der Waals surface area (Å²) in [5, 5.41) is 9.71. The van der Waals surface area contributed by atoms with E-state index in [0.717, 1.165) is 19.5 Å². The molecule has 17 heavy (non-hydrogen) atoms. The molecule has 0 saturated carbocycles. The zero-order chi connectivity index (χ0) is 12.5. The van der Waals surface area contributed by atoms with Crippen molar-refractivity contribution in [2.24, 2.45) is 5.41 Å². The Morgan fingerprint density at radius 3 is 2.88 bits per heavy atom. The smallest absolute Gasteiger partial charge is 0.129 e. The van der Waals surface area contributed by atoms with Crippen LogP contribution >= 0.6 is 11.6 Å². The molecule has 1 N–H and O–H groups in total. The molecule has 2 rings (SSSR count). The van der Waals surface area contributed by atoms with Crippen molar-refractivity contribution in [3.63, 3.8) is 0 Å². The molecule has 1 heterocycles. The van der Waals surface area contributed by atoms with Crippen LogP contribution in [0.3, 0.4) is 0 Å². The van der Waals surface area contributed by atoms with Crippen LogP contribution in [0.4, 0.5) is 4.39 Å². The monoisotopic (exact) mass is 257 g/mol. The van der Waals surface area contributed by atoms with E-state index in [1.807, 2.05) is 0 Å². The maximum atomic E-state index is 13.6. The van der Waals surface area contributed by atoms with Gasteiger partial charge in [0, 0.05) is 35.7 Å². The summed E-state index contributed by atoms with van der Waals surface area (Å²) in [4.78, 5) is 2.17. The first-order valence-corrected chi connectivity index (χ1v) is 6.17. The van der Waals surface area contributed by atoms with Gasteiger partial charge in [-0.3, -0.25) is 4.90 Å². The molecule has 0 aromatic heterocycles. The molecule has 94 valence electrons.